The molecule has 0 heterocycles. The van der Waals surface area contributed by atoms with Crippen LogP contribution in [-0.2, 0) is 9.59 Å². The first-order chi connectivity index (χ1) is 12.5. The van der Waals surface area contributed by atoms with Gasteiger partial charge in [0, 0.05) is 24.9 Å². The minimum Gasteiger partial charge on any atom is -0.356 e. The Hall–Kier alpha value is -1.06. The average Bonchev–Trinajstić information content (AvgIpc) is 2.58. The summed E-state index contributed by atoms with van der Waals surface area (Å²) in [5.41, 5.74) is 0.0652. The van der Waals surface area contributed by atoms with E-state index in [2.05, 4.69) is 24.5 Å². The summed E-state index contributed by atoms with van der Waals surface area (Å²) >= 11 is 0. The lowest BCUT2D eigenvalue weighted by molar-refractivity contribution is -0.130. The topological polar surface area (TPSA) is 58.2 Å². The first-order valence-corrected chi connectivity index (χ1v) is 11.1. The molecule has 4 nitrogen and oxygen atoms in total. The normalized spacial score (nSPS) is 33.1. The molecule has 0 aromatic heterocycles. The Morgan fingerprint density at radius 1 is 0.962 bits per heavy atom. The molecule has 0 unspecified atom stereocenters. The number of hydrogen-bond donors (Lipinski definition) is 2. The lowest BCUT2D eigenvalue weighted by atomic mass is 9.53. The van der Waals surface area contributed by atoms with Crippen LogP contribution >= 0.6 is 0 Å². The monoisotopic (exact) mass is 362 g/mol. The van der Waals surface area contributed by atoms with Crippen LogP contribution < -0.4 is 10.6 Å². The van der Waals surface area contributed by atoms with E-state index in [1.165, 1.54) is 57.8 Å². The van der Waals surface area contributed by atoms with E-state index in [0.717, 1.165) is 30.7 Å². The van der Waals surface area contributed by atoms with Gasteiger partial charge in [-0.3, -0.25) is 9.59 Å². The van der Waals surface area contributed by atoms with E-state index >= 15 is 0 Å². The summed E-state index contributed by atoms with van der Waals surface area (Å²) in [4.78, 5) is 24.6. The van der Waals surface area contributed by atoms with Crippen molar-refractivity contribution in [2.75, 3.05) is 6.54 Å². The Labute approximate surface area is 159 Å². The van der Waals surface area contributed by atoms with Gasteiger partial charge in [-0.15, -0.1) is 0 Å². The highest BCUT2D eigenvalue weighted by atomic mass is 16.2. The highest BCUT2D eigenvalue weighted by Gasteiger charge is 2.51. The second-order valence-electron chi connectivity index (χ2n) is 9.47. The summed E-state index contributed by atoms with van der Waals surface area (Å²) in [5, 5.41) is 6.40. The molecule has 4 aliphatic carbocycles. The van der Waals surface area contributed by atoms with Gasteiger partial charge < -0.3 is 10.6 Å². The molecule has 0 radical (unpaired) electrons. The van der Waals surface area contributed by atoms with E-state index in [4.69, 9.17) is 0 Å². The summed E-state index contributed by atoms with van der Waals surface area (Å²) < 4.78 is 0. The van der Waals surface area contributed by atoms with Crippen molar-refractivity contribution in [3.05, 3.63) is 0 Å². The van der Waals surface area contributed by atoms with Gasteiger partial charge in [0.15, 0.2) is 0 Å². The van der Waals surface area contributed by atoms with Crippen molar-refractivity contribution in [3.63, 3.8) is 0 Å². The zero-order valence-corrected chi connectivity index (χ0v) is 16.8. The van der Waals surface area contributed by atoms with Crippen LogP contribution in [0.2, 0.25) is 0 Å². The van der Waals surface area contributed by atoms with Gasteiger partial charge >= 0.3 is 0 Å². The number of amides is 2. The average molecular weight is 363 g/mol. The van der Waals surface area contributed by atoms with Crippen LogP contribution in [0.4, 0.5) is 0 Å². The van der Waals surface area contributed by atoms with Crippen molar-refractivity contribution >= 4 is 11.8 Å². The third-order valence-corrected chi connectivity index (χ3v) is 7.15. The van der Waals surface area contributed by atoms with Gasteiger partial charge in [-0.2, -0.15) is 0 Å². The lowest BCUT2D eigenvalue weighted by Gasteiger charge is -2.56. The minimum absolute atomic E-state index is 0.0283. The van der Waals surface area contributed by atoms with Gasteiger partial charge in [-0.1, -0.05) is 33.1 Å². The standard InChI is InChI=1S/C22H38N2O2/c1-3-5-6-16(4-2)15-23-20(25)7-8-21(26)24-22-12-17-9-18(13-22)11-19(10-17)14-22/h16-19H,3-15H2,1-2H3,(H,23,25)(H,24,26)/t16-,17?,18?,19?,22?/m1/s1. The molecule has 0 aromatic carbocycles. The largest absolute Gasteiger partial charge is 0.356 e. The molecule has 148 valence electrons. The number of carbonyl (C=O) groups excluding carboxylic acids is 2. The molecule has 2 N–H and O–H groups in total. The number of hydrogen-bond acceptors (Lipinski definition) is 2. The second-order valence-corrected chi connectivity index (χ2v) is 9.47. The fraction of sp³-hybridized carbons (Fsp3) is 0.909. The van der Waals surface area contributed by atoms with Crippen LogP contribution in [0, 0.1) is 23.7 Å². The van der Waals surface area contributed by atoms with Gasteiger partial charge in [0.1, 0.15) is 0 Å². The highest BCUT2D eigenvalue weighted by Crippen LogP contribution is 2.55. The Morgan fingerprint density at radius 3 is 2.08 bits per heavy atom. The summed E-state index contributed by atoms with van der Waals surface area (Å²) in [5.74, 6) is 3.18. The van der Waals surface area contributed by atoms with Crippen LogP contribution in [0.5, 0.6) is 0 Å². The number of unbranched alkanes of at least 4 members (excludes halogenated alkanes) is 1. The summed E-state index contributed by atoms with van der Waals surface area (Å²) in [7, 11) is 0. The summed E-state index contributed by atoms with van der Waals surface area (Å²) in [6.45, 7) is 5.14. The molecular formula is C22H38N2O2. The molecular weight excluding hydrogens is 324 g/mol. The van der Waals surface area contributed by atoms with Crippen molar-refractivity contribution in [3.8, 4) is 0 Å². The molecule has 4 rings (SSSR count). The predicted molar refractivity (Wildman–Crippen MR) is 105 cm³/mol. The molecule has 0 saturated heterocycles. The Bertz CT molecular complexity index is 467. The molecule has 4 saturated carbocycles. The SMILES string of the molecule is CCCC[C@@H](CC)CNC(=O)CCC(=O)NC12CC3CC(CC(C3)C1)C2. The fourth-order valence-electron chi connectivity index (χ4n) is 6.14. The first kappa shape index (κ1) is 19.7. The molecule has 0 aromatic rings. The molecule has 4 bridgehead atoms. The molecule has 4 heteroatoms. The Kier molecular flexibility index (Phi) is 6.63. The smallest absolute Gasteiger partial charge is 0.220 e. The van der Waals surface area contributed by atoms with E-state index in [-0.39, 0.29) is 17.4 Å². The zero-order chi connectivity index (χ0) is 18.6. The van der Waals surface area contributed by atoms with E-state index in [9.17, 15) is 9.59 Å². The zero-order valence-electron chi connectivity index (χ0n) is 16.8. The van der Waals surface area contributed by atoms with E-state index in [1.807, 2.05) is 0 Å². The molecule has 4 fully saturated rings. The summed E-state index contributed by atoms with van der Waals surface area (Å²) in [6, 6.07) is 0. The molecule has 0 aliphatic heterocycles. The Morgan fingerprint density at radius 2 is 1.54 bits per heavy atom. The van der Waals surface area contributed by atoms with Crippen molar-refractivity contribution < 1.29 is 9.59 Å². The molecule has 2 amide bonds. The van der Waals surface area contributed by atoms with Gasteiger partial charge in [0.25, 0.3) is 0 Å². The van der Waals surface area contributed by atoms with Crippen LogP contribution in [0.3, 0.4) is 0 Å². The number of carbonyl (C=O) groups is 2. The van der Waals surface area contributed by atoms with Gasteiger partial charge in [-0.25, -0.2) is 0 Å². The van der Waals surface area contributed by atoms with Crippen molar-refractivity contribution in [1.29, 1.82) is 0 Å². The predicted octanol–water partition coefficient (Wildman–Crippen LogP) is 4.18. The number of nitrogens with one attached hydrogen (secondary N) is 2. The molecule has 26 heavy (non-hydrogen) atoms. The van der Waals surface area contributed by atoms with Crippen molar-refractivity contribution in [2.24, 2.45) is 23.7 Å². The first-order valence-electron chi connectivity index (χ1n) is 11.1. The maximum atomic E-state index is 12.5. The molecule has 1 atom stereocenters. The van der Waals surface area contributed by atoms with Crippen LogP contribution in [0.25, 0.3) is 0 Å². The maximum absolute atomic E-state index is 12.5. The van der Waals surface area contributed by atoms with Crippen molar-refractivity contribution in [2.45, 2.75) is 96.4 Å². The third kappa shape index (κ3) is 5.01. The third-order valence-electron chi connectivity index (χ3n) is 7.15. The van der Waals surface area contributed by atoms with Gasteiger partial charge in [0.05, 0.1) is 0 Å². The lowest BCUT2D eigenvalue weighted by Crippen LogP contribution is -2.59. The second kappa shape index (κ2) is 8.75. The van der Waals surface area contributed by atoms with E-state index in [1.54, 1.807) is 0 Å². The van der Waals surface area contributed by atoms with E-state index in [0.29, 0.717) is 18.8 Å². The maximum Gasteiger partial charge on any atom is 0.220 e. The Balaban J connectivity index is 1.37. The number of rotatable bonds is 10. The quantitative estimate of drug-likeness (QED) is 0.612. The minimum atomic E-state index is 0.0283. The van der Waals surface area contributed by atoms with Crippen LogP contribution in [0.15, 0.2) is 0 Å². The van der Waals surface area contributed by atoms with E-state index < -0.39 is 0 Å². The fourth-order valence-corrected chi connectivity index (χ4v) is 6.14. The molecule has 4 aliphatic rings. The van der Waals surface area contributed by atoms with Gasteiger partial charge in [-0.05, 0) is 68.6 Å². The van der Waals surface area contributed by atoms with Crippen LogP contribution in [-0.4, -0.2) is 23.9 Å². The van der Waals surface area contributed by atoms with Gasteiger partial charge in [0.2, 0.25) is 11.8 Å². The molecule has 0 spiro atoms. The highest BCUT2D eigenvalue weighted by molar-refractivity contribution is 5.84. The van der Waals surface area contributed by atoms with Crippen molar-refractivity contribution in [1.82, 2.24) is 10.6 Å². The van der Waals surface area contributed by atoms with Crippen LogP contribution in [0.1, 0.15) is 90.9 Å². The summed E-state index contributed by atoms with van der Waals surface area (Å²) in [6.07, 6.45) is 13.0.